The second kappa shape index (κ2) is 12.7. The molecule has 2 aromatic heterocycles. The van der Waals surface area contributed by atoms with Crippen molar-refractivity contribution >= 4 is 21.7 Å². The van der Waals surface area contributed by atoms with Gasteiger partial charge in [0.25, 0.3) is 0 Å². The molecule has 0 aliphatic heterocycles. The van der Waals surface area contributed by atoms with E-state index in [-0.39, 0.29) is 0 Å². The zero-order valence-corrected chi connectivity index (χ0v) is 27.1. The minimum atomic E-state index is 0.624. The SMILES string of the molecule is c1ccc(-c2cccc(-c3nc(-c4ccccc4)nc(-c4cccc5c4ccc4nc(-c6ccccc6)cc(-c6ccccc6)c45)n3)c2)cc1. The summed E-state index contributed by atoms with van der Waals surface area (Å²) in [5.41, 5.74) is 10.3. The molecule has 0 radical (unpaired) electrons. The summed E-state index contributed by atoms with van der Waals surface area (Å²) in [4.78, 5) is 20.5. The van der Waals surface area contributed by atoms with E-state index in [9.17, 15) is 0 Å². The zero-order valence-electron chi connectivity index (χ0n) is 27.1. The average Bonchev–Trinajstić information content (AvgIpc) is 3.21. The van der Waals surface area contributed by atoms with Crippen LogP contribution in [0, 0.1) is 0 Å². The first-order valence-corrected chi connectivity index (χ1v) is 16.7. The number of pyridine rings is 1. The fraction of sp³-hybridized carbons (Fsp3) is 0. The summed E-state index contributed by atoms with van der Waals surface area (Å²) in [7, 11) is 0. The summed E-state index contributed by atoms with van der Waals surface area (Å²) in [6.07, 6.45) is 0. The maximum atomic E-state index is 5.18. The van der Waals surface area contributed by atoms with E-state index in [1.807, 2.05) is 42.5 Å². The Balaban J connectivity index is 1.27. The van der Waals surface area contributed by atoms with E-state index in [2.05, 4.69) is 140 Å². The van der Waals surface area contributed by atoms with Gasteiger partial charge in [-0.3, -0.25) is 0 Å². The molecule has 234 valence electrons. The van der Waals surface area contributed by atoms with Crippen LogP contribution in [0.1, 0.15) is 0 Å². The molecule has 0 fully saturated rings. The zero-order chi connectivity index (χ0) is 33.3. The number of aromatic nitrogens is 4. The van der Waals surface area contributed by atoms with Gasteiger partial charge in [0.05, 0.1) is 11.2 Å². The van der Waals surface area contributed by atoms with Gasteiger partial charge in [-0.25, -0.2) is 19.9 Å². The van der Waals surface area contributed by atoms with Crippen molar-refractivity contribution in [1.29, 1.82) is 0 Å². The maximum absolute atomic E-state index is 5.18. The molecule has 0 saturated carbocycles. The molecule has 0 unspecified atom stereocenters. The molecule has 0 aliphatic carbocycles. The number of benzene rings is 7. The summed E-state index contributed by atoms with van der Waals surface area (Å²) in [5, 5.41) is 3.25. The first-order valence-electron chi connectivity index (χ1n) is 16.7. The first-order chi connectivity index (χ1) is 24.8. The van der Waals surface area contributed by atoms with Crippen LogP contribution in [0.4, 0.5) is 0 Å². The molecular formula is C46H30N4. The smallest absolute Gasteiger partial charge is 0.164 e. The van der Waals surface area contributed by atoms with Gasteiger partial charge < -0.3 is 0 Å². The maximum Gasteiger partial charge on any atom is 0.164 e. The van der Waals surface area contributed by atoms with E-state index in [0.717, 1.165) is 71.9 Å². The lowest BCUT2D eigenvalue weighted by atomic mass is 9.93. The third-order valence-corrected chi connectivity index (χ3v) is 9.12. The van der Waals surface area contributed by atoms with Crippen molar-refractivity contribution in [3.05, 3.63) is 182 Å². The third-order valence-electron chi connectivity index (χ3n) is 9.12. The lowest BCUT2D eigenvalue weighted by molar-refractivity contribution is 1.08. The van der Waals surface area contributed by atoms with Crippen molar-refractivity contribution in [3.63, 3.8) is 0 Å². The van der Waals surface area contributed by atoms with Gasteiger partial charge in [0, 0.05) is 27.6 Å². The van der Waals surface area contributed by atoms with E-state index in [0.29, 0.717) is 17.5 Å². The first kappa shape index (κ1) is 29.4. The molecule has 4 nitrogen and oxygen atoms in total. The minimum Gasteiger partial charge on any atom is -0.248 e. The van der Waals surface area contributed by atoms with Gasteiger partial charge in [0.1, 0.15) is 0 Å². The van der Waals surface area contributed by atoms with Crippen LogP contribution in [0.25, 0.3) is 89.4 Å². The Morgan fingerprint density at radius 2 is 0.820 bits per heavy atom. The monoisotopic (exact) mass is 638 g/mol. The Kier molecular flexibility index (Phi) is 7.45. The Bertz CT molecular complexity index is 2620. The lowest BCUT2D eigenvalue weighted by Crippen LogP contribution is -2.01. The molecule has 0 atom stereocenters. The molecule has 2 heterocycles. The molecule has 0 N–H and O–H groups in total. The minimum absolute atomic E-state index is 0.624. The van der Waals surface area contributed by atoms with E-state index in [1.165, 1.54) is 0 Å². The standard InChI is InChI=1S/C46H30N4/c1-5-15-31(16-6-1)35-23-13-24-36(29-35)45-48-44(34-21-11-4-12-22-34)49-46(50-45)39-26-14-25-38-37(39)27-28-41-43(38)40(32-17-7-2-8-18-32)30-42(47-41)33-19-9-3-10-20-33/h1-30H. The average molecular weight is 639 g/mol. The number of rotatable bonds is 6. The van der Waals surface area contributed by atoms with Crippen LogP contribution in [0.2, 0.25) is 0 Å². The van der Waals surface area contributed by atoms with Gasteiger partial charge in [-0.2, -0.15) is 0 Å². The lowest BCUT2D eigenvalue weighted by Gasteiger charge is -2.15. The Morgan fingerprint density at radius 3 is 1.52 bits per heavy atom. The third kappa shape index (κ3) is 5.49. The summed E-state index contributed by atoms with van der Waals surface area (Å²) >= 11 is 0. The predicted molar refractivity (Wildman–Crippen MR) is 205 cm³/mol. The van der Waals surface area contributed by atoms with Gasteiger partial charge in [-0.1, -0.05) is 164 Å². The number of hydrogen-bond acceptors (Lipinski definition) is 4. The summed E-state index contributed by atoms with van der Waals surface area (Å²) in [5.74, 6) is 1.88. The molecule has 9 rings (SSSR count). The molecule has 0 saturated heterocycles. The Morgan fingerprint density at radius 1 is 0.280 bits per heavy atom. The number of hydrogen-bond donors (Lipinski definition) is 0. The van der Waals surface area contributed by atoms with Gasteiger partial charge in [-0.15, -0.1) is 0 Å². The highest BCUT2D eigenvalue weighted by molar-refractivity contribution is 6.16. The van der Waals surface area contributed by atoms with Crippen molar-refractivity contribution in [1.82, 2.24) is 19.9 Å². The molecule has 0 amide bonds. The summed E-state index contributed by atoms with van der Waals surface area (Å²) in [6.45, 7) is 0. The van der Waals surface area contributed by atoms with E-state index in [4.69, 9.17) is 19.9 Å². The van der Waals surface area contributed by atoms with Crippen LogP contribution in [-0.2, 0) is 0 Å². The largest absolute Gasteiger partial charge is 0.248 e. The number of nitrogens with zero attached hydrogens (tertiary/aromatic N) is 4. The van der Waals surface area contributed by atoms with Crippen molar-refractivity contribution in [2.75, 3.05) is 0 Å². The molecule has 0 spiro atoms. The number of fused-ring (bicyclic) bond motifs is 3. The molecule has 50 heavy (non-hydrogen) atoms. The van der Waals surface area contributed by atoms with Crippen LogP contribution in [0.15, 0.2) is 182 Å². The highest BCUT2D eigenvalue weighted by Crippen LogP contribution is 2.39. The van der Waals surface area contributed by atoms with Gasteiger partial charge in [0.15, 0.2) is 17.5 Å². The van der Waals surface area contributed by atoms with Gasteiger partial charge in [-0.05, 0) is 51.2 Å². The highest BCUT2D eigenvalue weighted by atomic mass is 15.0. The summed E-state index contributed by atoms with van der Waals surface area (Å²) in [6, 6.07) is 62.7. The van der Waals surface area contributed by atoms with Crippen molar-refractivity contribution in [3.8, 4) is 67.7 Å². The van der Waals surface area contributed by atoms with Crippen LogP contribution >= 0.6 is 0 Å². The Hall–Kier alpha value is -6.78. The Labute approximate surface area is 290 Å². The molecule has 4 heteroatoms. The fourth-order valence-electron chi connectivity index (χ4n) is 6.70. The summed E-state index contributed by atoms with van der Waals surface area (Å²) < 4.78 is 0. The molecular weight excluding hydrogens is 609 g/mol. The normalized spacial score (nSPS) is 11.2. The van der Waals surface area contributed by atoms with Gasteiger partial charge >= 0.3 is 0 Å². The quantitative estimate of drug-likeness (QED) is 0.170. The highest BCUT2D eigenvalue weighted by Gasteiger charge is 2.18. The van der Waals surface area contributed by atoms with Crippen LogP contribution in [0.5, 0.6) is 0 Å². The second-order valence-corrected chi connectivity index (χ2v) is 12.3. The molecule has 0 bridgehead atoms. The molecule has 9 aromatic rings. The second-order valence-electron chi connectivity index (χ2n) is 12.3. The van der Waals surface area contributed by atoms with Crippen molar-refractivity contribution in [2.24, 2.45) is 0 Å². The molecule has 0 aliphatic rings. The van der Waals surface area contributed by atoms with E-state index < -0.39 is 0 Å². The predicted octanol–water partition coefficient (Wildman–Crippen LogP) is 11.6. The topological polar surface area (TPSA) is 51.6 Å². The molecule has 7 aromatic carbocycles. The van der Waals surface area contributed by atoms with Crippen LogP contribution < -0.4 is 0 Å². The van der Waals surface area contributed by atoms with Crippen molar-refractivity contribution in [2.45, 2.75) is 0 Å². The van der Waals surface area contributed by atoms with E-state index in [1.54, 1.807) is 0 Å². The fourth-order valence-corrected chi connectivity index (χ4v) is 6.70. The van der Waals surface area contributed by atoms with Crippen LogP contribution in [-0.4, -0.2) is 19.9 Å². The van der Waals surface area contributed by atoms with Crippen LogP contribution in [0.3, 0.4) is 0 Å². The van der Waals surface area contributed by atoms with Crippen molar-refractivity contribution < 1.29 is 0 Å². The van der Waals surface area contributed by atoms with Gasteiger partial charge in [0.2, 0.25) is 0 Å². The van der Waals surface area contributed by atoms with E-state index >= 15 is 0 Å².